The number of aromatic nitrogens is 1. The molecule has 0 bridgehead atoms. The summed E-state index contributed by atoms with van der Waals surface area (Å²) >= 11 is 0. The summed E-state index contributed by atoms with van der Waals surface area (Å²) in [5.74, 6) is -0.718. The van der Waals surface area contributed by atoms with Gasteiger partial charge in [0.2, 0.25) is 5.75 Å². The summed E-state index contributed by atoms with van der Waals surface area (Å²) in [7, 11) is 0. The normalized spacial score (nSPS) is 17.2. The number of carbonyl (C=O) groups excluding carboxylic acids is 1. The molecule has 1 aliphatic rings. The number of aryl methyl sites for hydroxylation is 1. The smallest absolute Gasteiger partial charge is 0.406 e. The number of amides is 1. The van der Waals surface area contributed by atoms with Crippen LogP contribution in [-0.2, 0) is 11.2 Å². The maximum atomic E-state index is 12.5. The highest BCUT2D eigenvalue weighted by atomic mass is 16.6. The van der Waals surface area contributed by atoms with Crippen LogP contribution in [0, 0.1) is 10.1 Å². The highest BCUT2D eigenvalue weighted by Crippen LogP contribution is 2.30. The molecule has 0 fully saturated rings. The van der Waals surface area contributed by atoms with Crippen molar-refractivity contribution in [1.82, 2.24) is 10.3 Å². The Bertz CT molecular complexity index is 793. The second-order valence-electron chi connectivity index (χ2n) is 5.99. The van der Waals surface area contributed by atoms with E-state index in [1.165, 1.54) is 23.9 Å². The first-order valence-corrected chi connectivity index (χ1v) is 8.20. The zero-order valence-corrected chi connectivity index (χ0v) is 13.8. The molecule has 1 N–H and O–H groups in total. The number of ether oxygens (including phenoxy) is 1. The lowest BCUT2D eigenvalue weighted by molar-refractivity contribution is -0.390. The van der Waals surface area contributed by atoms with E-state index in [0.29, 0.717) is 0 Å². The lowest BCUT2D eigenvalue weighted by atomic mass is 9.87. The molecular weight excluding hydrogens is 322 g/mol. The van der Waals surface area contributed by atoms with E-state index in [4.69, 9.17) is 4.74 Å². The largest absolute Gasteiger partial charge is 0.473 e. The van der Waals surface area contributed by atoms with Gasteiger partial charge in [0.25, 0.3) is 5.91 Å². The molecule has 7 nitrogen and oxygen atoms in total. The second kappa shape index (κ2) is 7.29. The van der Waals surface area contributed by atoms with Crippen molar-refractivity contribution in [2.75, 3.05) is 0 Å². The lowest BCUT2D eigenvalue weighted by Crippen LogP contribution is -2.39. The maximum Gasteiger partial charge on any atom is 0.406 e. The molecule has 1 aliphatic carbocycles. The van der Waals surface area contributed by atoms with Crippen molar-refractivity contribution < 1.29 is 14.5 Å². The molecule has 130 valence electrons. The minimum Gasteiger partial charge on any atom is -0.473 e. The van der Waals surface area contributed by atoms with Crippen LogP contribution >= 0.6 is 0 Å². The summed E-state index contributed by atoms with van der Waals surface area (Å²) in [6, 6.07) is 11.0. The van der Waals surface area contributed by atoms with E-state index in [2.05, 4.69) is 16.4 Å². The minimum absolute atomic E-state index is 0.0146. The topological polar surface area (TPSA) is 94.4 Å². The predicted molar refractivity (Wildman–Crippen MR) is 91.2 cm³/mol. The number of nitrogens with one attached hydrogen (secondary N) is 1. The van der Waals surface area contributed by atoms with Crippen LogP contribution in [0.15, 0.2) is 42.6 Å². The van der Waals surface area contributed by atoms with Crippen molar-refractivity contribution in [3.05, 3.63) is 63.8 Å². The number of hydrogen-bond donors (Lipinski definition) is 1. The molecule has 2 aromatic rings. The van der Waals surface area contributed by atoms with E-state index >= 15 is 0 Å². The van der Waals surface area contributed by atoms with Gasteiger partial charge in [-0.25, -0.2) is 0 Å². The Morgan fingerprint density at radius 1 is 1.36 bits per heavy atom. The van der Waals surface area contributed by atoms with Gasteiger partial charge in [0, 0.05) is 0 Å². The summed E-state index contributed by atoms with van der Waals surface area (Å²) in [5.41, 5.74) is 2.37. The molecule has 2 unspecified atom stereocenters. The van der Waals surface area contributed by atoms with Crippen molar-refractivity contribution in [1.29, 1.82) is 0 Å². The highest BCUT2D eigenvalue weighted by molar-refractivity contribution is 5.81. The van der Waals surface area contributed by atoms with Gasteiger partial charge in [0.05, 0.1) is 6.04 Å². The molecular formula is C18H19N3O4. The molecule has 0 spiro atoms. The fourth-order valence-corrected chi connectivity index (χ4v) is 3.05. The van der Waals surface area contributed by atoms with Gasteiger partial charge < -0.3 is 20.2 Å². The van der Waals surface area contributed by atoms with E-state index in [1.807, 2.05) is 18.2 Å². The average molecular weight is 341 g/mol. The van der Waals surface area contributed by atoms with Crippen molar-refractivity contribution in [2.45, 2.75) is 38.3 Å². The molecule has 0 saturated carbocycles. The first kappa shape index (κ1) is 16.9. The summed E-state index contributed by atoms with van der Waals surface area (Å²) in [6.07, 6.45) is 3.33. The van der Waals surface area contributed by atoms with E-state index in [0.717, 1.165) is 24.8 Å². The number of benzene rings is 1. The maximum absolute atomic E-state index is 12.5. The first-order chi connectivity index (χ1) is 12.1. The van der Waals surface area contributed by atoms with E-state index in [-0.39, 0.29) is 17.7 Å². The zero-order chi connectivity index (χ0) is 17.8. The fraction of sp³-hybridized carbons (Fsp3) is 0.333. The van der Waals surface area contributed by atoms with Crippen LogP contribution < -0.4 is 10.1 Å². The Hall–Kier alpha value is -2.96. The zero-order valence-electron chi connectivity index (χ0n) is 13.8. The Balaban J connectivity index is 1.69. The van der Waals surface area contributed by atoms with Crippen molar-refractivity contribution in [2.24, 2.45) is 0 Å². The minimum atomic E-state index is -0.864. The van der Waals surface area contributed by atoms with E-state index in [1.54, 1.807) is 6.92 Å². The standard InChI is InChI=1S/C18H19N3O4/c1-12(25-16-10-5-11-19-17(16)21(23)24)18(22)20-15-9-4-7-13-6-2-3-8-14(13)15/h2-3,5-6,8,10-12,15H,4,7,9H2,1H3,(H,20,22). The van der Waals surface area contributed by atoms with Crippen LogP contribution in [-0.4, -0.2) is 21.9 Å². The molecule has 0 saturated heterocycles. The van der Waals surface area contributed by atoms with E-state index < -0.39 is 16.8 Å². The number of rotatable bonds is 5. The third-order valence-electron chi connectivity index (χ3n) is 4.28. The summed E-state index contributed by atoms with van der Waals surface area (Å²) in [5, 5.41) is 14.0. The van der Waals surface area contributed by atoms with Crippen LogP contribution in [0.5, 0.6) is 5.75 Å². The summed E-state index contributed by atoms with van der Waals surface area (Å²) in [4.78, 5) is 26.5. The molecule has 0 aliphatic heterocycles. The van der Waals surface area contributed by atoms with Crippen LogP contribution in [0.3, 0.4) is 0 Å². The lowest BCUT2D eigenvalue weighted by Gasteiger charge is -2.27. The number of nitrogens with zero attached hydrogens (tertiary/aromatic N) is 2. The number of fused-ring (bicyclic) bond motifs is 1. The predicted octanol–water partition coefficient (Wildman–Crippen LogP) is 2.95. The Morgan fingerprint density at radius 2 is 2.16 bits per heavy atom. The molecule has 1 heterocycles. The van der Waals surface area contributed by atoms with Gasteiger partial charge in [0.1, 0.15) is 6.20 Å². The third-order valence-corrected chi connectivity index (χ3v) is 4.28. The average Bonchev–Trinajstić information content (AvgIpc) is 2.62. The Kier molecular flexibility index (Phi) is 4.92. The number of hydrogen-bond acceptors (Lipinski definition) is 5. The Morgan fingerprint density at radius 3 is 2.96 bits per heavy atom. The van der Waals surface area contributed by atoms with Gasteiger partial charge in [-0.2, -0.15) is 0 Å². The molecule has 1 amide bonds. The number of carbonyl (C=O) groups is 1. The van der Waals surface area contributed by atoms with Gasteiger partial charge in [-0.05, 0) is 59.4 Å². The molecule has 1 aromatic heterocycles. The molecule has 25 heavy (non-hydrogen) atoms. The van der Waals surface area contributed by atoms with Crippen molar-refractivity contribution >= 4 is 11.7 Å². The monoisotopic (exact) mass is 341 g/mol. The molecule has 0 radical (unpaired) electrons. The van der Waals surface area contributed by atoms with Crippen LogP contribution in [0.4, 0.5) is 5.82 Å². The molecule has 2 atom stereocenters. The van der Waals surface area contributed by atoms with Gasteiger partial charge >= 0.3 is 5.82 Å². The van der Waals surface area contributed by atoms with Gasteiger partial charge in [-0.1, -0.05) is 24.3 Å². The SMILES string of the molecule is CC(Oc1cccnc1[N+](=O)[O-])C(=O)NC1CCCc2ccccc21. The first-order valence-electron chi connectivity index (χ1n) is 8.20. The van der Waals surface area contributed by atoms with Gasteiger partial charge in [-0.15, -0.1) is 0 Å². The summed E-state index contributed by atoms with van der Waals surface area (Å²) in [6.45, 7) is 1.57. The van der Waals surface area contributed by atoms with E-state index in [9.17, 15) is 14.9 Å². The van der Waals surface area contributed by atoms with Crippen LogP contribution in [0.25, 0.3) is 0 Å². The number of nitro groups is 1. The number of pyridine rings is 1. The molecule has 1 aromatic carbocycles. The molecule has 7 heteroatoms. The van der Waals surface area contributed by atoms with Crippen molar-refractivity contribution in [3.63, 3.8) is 0 Å². The van der Waals surface area contributed by atoms with Crippen LogP contribution in [0.2, 0.25) is 0 Å². The summed E-state index contributed by atoms with van der Waals surface area (Å²) < 4.78 is 5.48. The quantitative estimate of drug-likeness (QED) is 0.666. The third kappa shape index (κ3) is 3.76. The van der Waals surface area contributed by atoms with Crippen LogP contribution in [0.1, 0.15) is 36.9 Å². The van der Waals surface area contributed by atoms with Gasteiger partial charge in [-0.3, -0.25) is 4.79 Å². The fourth-order valence-electron chi connectivity index (χ4n) is 3.05. The molecule has 3 rings (SSSR count). The van der Waals surface area contributed by atoms with Crippen molar-refractivity contribution in [3.8, 4) is 5.75 Å². The highest BCUT2D eigenvalue weighted by Gasteiger charge is 2.26. The second-order valence-corrected chi connectivity index (χ2v) is 5.99. The van der Waals surface area contributed by atoms with Gasteiger partial charge in [0.15, 0.2) is 6.10 Å². The Labute approximate surface area is 145 Å².